The Morgan fingerprint density at radius 1 is 1.32 bits per heavy atom. The van der Waals surface area contributed by atoms with Crippen LogP contribution in [0.5, 0.6) is 0 Å². The van der Waals surface area contributed by atoms with Gasteiger partial charge in [-0.25, -0.2) is 4.79 Å². The lowest BCUT2D eigenvalue weighted by Gasteiger charge is -2.19. The maximum absolute atomic E-state index is 11.5. The Balaban J connectivity index is 2.36. The number of anilines is 1. The molecule has 104 valence electrons. The second-order valence-electron chi connectivity index (χ2n) is 4.64. The average Bonchev–Trinajstić information content (AvgIpc) is 2.27. The SMILES string of the molecule is CC(C)(C)OC(=O)NCC(=O)Nc1ccc(Cl)nn1. The number of carbonyl (C=O) groups is 2. The first kappa shape index (κ1) is 15.2. The first-order chi connectivity index (χ1) is 8.76. The zero-order valence-electron chi connectivity index (χ0n) is 10.9. The fourth-order valence-corrected chi connectivity index (χ4v) is 1.14. The normalized spacial score (nSPS) is 10.7. The number of carbonyl (C=O) groups excluding carboxylic acids is 2. The molecule has 0 atom stereocenters. The van der Waals surface area contributed by atoms with Crippen molar-refractivity contribution < 1.29 is 14.3 Å². The van der Waals surface area contributed by atoms with Crippen LogP contribution in [0.2, 0.25) is 5.15 Å². The monoisotopic (exact) mass is 286 g/mol. The summed E-state index contributed by atoms with van der Waals surface area (Å²) in [6, 6.07) is 2.99. The summed E-state index contributed by atoms with van der Waals surface area (Å²) in [4.78, 5) is 22.8. The lowest BCUT2D eigenvalue weighted by Crippen LogP contribution is -2.37. The quantitative estimate of drug-likeness (QED) is 0.880. The molecule has 0 radical (unpaired) electrons. The van der Waals surface area contributed by atoms with Crippen molar-refractivity contribution in [3.05, 3.63) is 17.3 Å². The number of nitrogens with zero attached hydrogens (tertiary/aromatic N) is 2. The highest BCUT2D eigenvalue weighted by Crippen LogP contribution is 2.07. The van der Waals surface area contributed by atoms with Crippen LogP contribution in [0.3, 0.4) is 0 Å². The van der Waals surface area contributed by atoms with Crippen molar-refractivity contribution in [3.63, 3.8) is 0 Å². The van der Waals surface area contributed by atoms with Crippen LogP contribution in [0.25, 0.3) is 0 Å². The molecular weight excluding hydrogens is 272 g/mol. The van der Waals surface area contributed by atoms with Crippen LogP contribution < -0.4 is 10.6 Å². The number of amides is 2. The van der Waals surface area contributed by atoms with Gasteiger partial charge in [0.25, 0.3) is 0 Å². The second-order valence-corrected chi connectivity index (χ2v) is 5.03. The minimum atomic E-state index is -0.662. The van der Waals surface area contributed by atoms with E-state index >= 15 is 0 Å². The van der Waals surface area contributed by atoms with Crippen molar-refractivity contribution in [2.45, 2.75) is 26.4 Å². The zero-order chi connectivity index (χ0) is 14.5. The summed E-state index contributed by atoms with van der Waals surface area (Å²) in [5.41, 5.74) is -0.609. The van der Waals surface area contributed by atoms with Gasteiger partial charge >= 0.3 is 6.09 Å². The van der Waals surface area contributed by atoms with Crippen molar-refractivity contribution in [2.75, 3.05) is 11.9 Å². The minimum absolute atomic E-state index is 0.223. The van der Waals surface area contributed by atoms with Crippen LogP contribution in [0.15, 0.2) is 12.1 Å². The highest BCUT2D eigenvalue weighted by molar-refractivity contribution is 6.29. The Morgan fingerprint density at radius 2 is 2.00 bits per heavy atom. The highest BCUT2D eigenvalue weighted by Gasteiger charge is 2.16. The van der Waals surface area contributed by atoms with Crippen molar-refractivity contribution in [1.29, 1.82) is 0 Å². The standard InChI is InChI=1S/C11H15ClN4O3/c1-11(2,3)19-10(18)13-6-9(17)14-8-5-4-7(12)15-16-8/h4-5H,6H2,1-3H3,(H,13,18)(H,14,16,17). The molecule has 0 bridgehead atoms. The number of hydrogen-bond donors (Lipinski definition) is 2. The summed E-state index contributed by atoms with van der Waals surface area (Å²) < 4.78 is 4.98. The van der Waals surface area contributed by atoms with Gasteiger partial charge < -0.3 is 15.4 Å². The maximum atomic E-state index is 11.5. The zero-order valence-corrected chi connectivity index (χ0v) is 11.6. The molecule has 0 aliphatic heterocycles. The molecule has 19 heavy (non-hydrogen) atoms. The Bertz CT molecular complexity index is 456. The van der Waals surface area contributed by atoms with Crippen molar-refractivity contribution >= 4 is 29.4 Å². The number of ether oxygens (including phenoxy) is 1. The van der Waals surface area contributed by atoms with Gasteiger partial charge in [-0.15, -0.1) is 10.2 Å². The summed E-state index contributed by atoms with van der Waals surface area (Å²) in [5, 5.41) is 12.2. The van der Waals surface area contributed by atoms with E-state index in [9.17, 15) is 9.59 Å². The van der Waals surface area contributed by atoms with Gasteiger partial charge in [0.15, 0.2) is 11.0 Å². The summed E-state index contributed by atoms with van der Waals surface area (Å²) in [5.74, 6) is -0.192. The molecule has 2 N–H and O–H groups in total. The number of rotatable bonds is 3. The molecule has 0 saturated heterocycles. The summed E-state index contributed by atoms with van der Waals surface area (Å²) in [6.45, 7) is 4.97. The summed E-state index contributed by atoms with van der Waals surface area (Å²) in [6.07, 6.45) is -0.662. The maximum Gasteiger partial charge on any atom is 0.408 e. The average molecular weight is 287 g/mol. The number of halogens is 1. The largest absolute Gasteiger partial charge is 0.444 e. The molecule has 0 aliphatic rings. The number of hydrogen-bond acceptors (Lipinski definition) is 5. The topological polar surface area (TPSA) is 93.2 Å². The second kappa shape index (κ2) is 6.33. The lowest BCUT2D eigenvalue weighted by molar-refractivity contribution is -0.115. The lowest BCUT2D eigenvalue weighted by atomic mass is 10.2. The van der Waals surface area contributed by atoms with E-state index in [2.05, 4.69) is 20.8 Å². The molecule has 1 aromatic heterocycles. The highest BCUT2D eigenvalue weighted by atomic mass is 35.5. The molecule has 0 aliphatic carbocycles. The number of alkyl carbamates (subject to hydrolysis) is 1. The molecule has 2 amide bonds. The van der Waals surface area contributed by atoms with Gasteiger partial charge in [0.2, 0.25) is 5.91 Å². The van der Waals surface area contributed by atoms with Gasteiger partial charge in [-0.2, -0.15) is 0 Å². The smallest absolute Gasteiger partial charge is 0.408 e. The Labute approximate surface area is 115 Å². The van der Waals surface area contributed by atoms with E-state index in [-0.39, 0.29) is 17.5 Å². The van der Waals surface area contributed by atoms with E-state index in [1.54, 1.807) is 20.8 Å². The van der Waals surface area contributed by atoms with E-state index in [0.29, 0.717) is 0 Å². The molecule has 1 aromatic rings. The molecule has 7 nitrogen and oxygen atoms in total. The van der Waals surface area contributed by atoms with Crippen LogP contribution in [0.1, 0.15) is 20.8 Å². The van der Waals surface area contributed by atoms with Gasteiger partial charge in [0.1, 0.15) is 12.1 Å². The fourth-order valence-electron chi connectivity index (χ4n) is 1.04. The molecule has 0 unspecified atom stereocenters. The van der Waals surface area contributed by atoms with E-state index in [0.717, 1.165) is 0 Å². The molecule has 0 spiro atoms. The summed E-state index contributed by atoms with van der Waals surface area (Å²) >= 11 is 5.55. The van der Waals surface area contributed by atoms with E-state index < -0.39 is 17.6 Å². The third kappa shape index (κ3) is 6.56. The molecule has 0 saturated carbocycles. The van der Waals surface area contributed by atoms with Crippen LogP contribution in [-0.2, 0) is 9.53 Å². The molecule has 0 fully saturated rings. The minimum Gasteiger partial charge on any atom is -0.444 e. The molecule has 8 heteroatoms. The molecule has 1 heterocycles. The fraction of sp³-hybridized carbons (Fsp3) is 0.455. The van der Waals surface area contributed by atoms with Gasteiger partial charge in [-0.05, 0) is 32.9 Å². The molecular formula is C11H15ClN4O3. The first-order valence-corrected chi connectivity index (χ1v) is 5.90. The van der Waals surface area contributed by atoms with Crippen molar-refractivity contribution in [3.8, 4) is 0 Å². The van der Waals surface area contributed by atoms with E-state index in [1.807, 2.05) is 0 Å². The molecule has 0 aromatic carbocycles. The third-order valence-corrected chi connectivity index (χ3v) is 1.89. The van der Waals surface area contributed by atoms with Crippen LogP contribution in [-0.4, -0.2) is 34.3 Å². The predicted octanol–water partition coefficient (Wildman–Crippen LogP) is 1.59. The van der Waals surface area contributed by atoms with Gasteiger partial charge in [-0.1, -0.05) is 11.6 Å². The van der Waals surface area contributed by atoms with Crippen molar-refractivity contribution in [1.82, 2.24) is 15.5 Å². The van der Waals surface area contributed by atoms with E-state index in [1.165, 1.54) is 12.1 Å². The molecule has 1 rings (SSSR count). The van der Waals surface area contributed by atoms with Gasteiger partial charge in [0.05, 0.1) is 0 Å². The number of nitrogens with one attached hydrogen (secondary N) is 2. The Morgan fingerprint density at radius 3 is 2.53 bits per heavy atom. The summed E-state index contributed by atoms with van der Waals surface area (Å²) in [7, 11) is 0. The van der Waals surface area contributed by atoms with Crippen LogP contribution in [0.4, 0.5) is 10.6 Å². The first-order valence-electron chi connectivity index (χ1n) is 5.52. The van der Waals surface area contributed by atoms with Gasteiger partial charge in [-0.3, -0.25) is 4.79 Å². The van der Waals surface area contributed by atoms with Gasteiger partial charge in [0, 0.05) is 0 Å². The Kier molecular flexibility index (Phi) is 5.05. The predicted molar refractivity (Wildman–Crippen MR) is 69.9 cm³/mol. The van der Waals surface area contributed by atoms with Crippen molar-refractivity contribution in [2.24, 2.45) is 0 Å². The Hall–Kier alpha value is -1.89. The van der Waals surface area contributed by atoms with Crippen LogP contribution >= 0.6 is 11.6 Å². The third-order valence-electron chi connectivity index (χ3n) is 1.69. The number of aromatic nitrogens is 2. The van der Waals surface area contributed by atoms with Crippen LogP contribution in [0, 0.1) is 0 Å². The van der Waals surface area contributed by atoms with E-state index in [4.69, 9.17) is 16.3 Å².